The van der Waals surface area contributed by atoms with Crippen molar-refractivity contribution in [3.8, 4) is 11.1 Å². The summed E-state index contributed by atoms with van der Waals surface area (Å²) in [5, 5.41) is 12.5. The van der Waals surface area contributed by atoms with Crippen LogP contribution in [-0.2, 0) is 25.6 Å². The number of rotatable bonds is 10. The molecule has 0 unspecified atom stereocenters. The van der Waals surface area contributed by atoms with Gasteiger partial charge in [-0.05, 0) is 41.7 Å². The number of ether oxygens (including phenoxy) is 3. The Morgan fingerprint density at radius 2 is 1.47 bits per heavy atom. The Bertz CT molecular complexity index is 1140. The van der Waals surface area contributed by atoms with E-state index < -0.39 is 23.7 Å². The van der Waals surface area contributed by atoms with Gasteiger partial charge in [-0.1, -0.05) is 78.9 Å². The molecule has 0 spiro atoms. The number of fused-ring (bicyclic) bond motifs is 3. The van der Waals surface area contributed by atoms with Gasteiger partial charge >= 0.3 is 12.1 Å². The highest BCUT2D eigenvalue weighted by Crippen LogP contribution is 2.44. The minimum Gasteiger partial charge on any atom is -0.459 e. The van der Waals surface area contributed by atoms with Crippen molar-refractivity contribution in [1.82, 2.24) is 5.32 Å². The summed E-state index contributed by atoms with van der Waals surface area (Å²) in [4.78, 5) is 25.5. The number of benzene rings is 3. The Kier molecular flexibility index (Phi) is 8.03. The molecule has 0 fully saturated rings. The lowest BCUT2D eigenvalue weighted by molar-refractivity contribution is -0.149. The van der Waals surface area contributed by atoms with Crippen LogP contribution in [0.2, 0.25) is 0 Å². The molecule has 3 aromatic rings. The maximum absolute atomic E-state index is 12.8. The summed E-state index contributed by atoms with van der Waals surface area (Å²) in [6.07, 6.45) is -0.745. The first-order valence-electron chi connectivity index (χ1n) is 11.9. The van der Waals surface area contributed by atoms with Crippen LogP contribution in [0.25, 0.3) is 11.1 Å². The zero-order valence-electron chi connectivity index (χ0n) is 20.5. The Morgan fingerprint density at radius 1 is 0.889 bits per heavy atom. The van der Waals surface area contributed by atoms with E-state index in [1.54, 1.807) is 13.8 Å². The van der Waals surface area contributed by atoms with E-state index in [4.69, 9.17) is 14.2 Å². The van der Waals surface area contributed by atoms with Gasteiger partial charge in [0.05, 0.1) is 18.8 Å². The SMILES string of the molecule is CC(C)(O)COC[C@H](NC(=O)OCC1c2ccccc2-c2ccccc21)C(=O)OCc1ccccc1. The highest BCUT2D eigenvalue weighted by Gasteiger charge is 2.30. The van der Waals surface area contributed by atoms with Crippen LogP contribution in [0.4, 0.5) is 4.79 Å². The number of hydrogen-bond donors (Lipinski definition) is 2. The second-order valence-electron chi connectivity index (χ2n) is 9.44. The molecule has 7 heteroatoms. The van der Waals surface area contributed by atoms with Gasteiger partial charge in [-0.15, -0.1) is 0 Å². The maximum atomic E-state index is 12.8. The van der Waals surface area contributed by atoms with E-state index in [9.17, 15) is 14.7 Å². The molecule has 1 amide bonds. The van der Waals surface area contributed by atoms with Gasteiger partial charge in [0, 0.05) is 5.92 Å². The fraction of sp³-hybridized carbons (Fsp3) is 0.310. The van der Waals surface area contributed by atoms with E-state index in [0.29, 0.717) is 0 Å². The Hall–Kier alpha value is -3.68. The highest BCUT2D eigenvalue weighted by molar-refractivity contribution is 5.82. The molecule has 188 valence electrons. The number of carbonyl (C=O) groups excluding carboxylic acids is 2. The van der Waals surface area contributed by atoms with Gasteiger partial charge in [-0.2, -0.15) is 0 Å². The predicted octanol–water partition coefficient (Wildman–Crippen LogP) is 4.42. The molecule has 4 rings (SSSR count). The van der Waals surface area contributed by atoms with Gasteiger partial charge in [-0.25, -0.2) is 9.59 Å². The first kappa shape index (κ1) is 25.4. The molecule has 3 aromatic carbocycles. The summed E-state index contributed by atoms with van der Waals surface area (Å²) in [6, 6.07) is 24.3. The molecule has 2 N–H and O–H groups in total. The molecule has 0 heterocycles. The Labute approximate surface area is 211 Å². The third-order valence-corrected chi connectivity index (χ3v) is 5.88. The zero-order valence-corrected chi connectivity index (χ0v) is 20.5. The Balaban J connectivity index is 1.38. The first-order chi connectivity index (χ1) is 17.3. The standard InChI is InChI=1S/C29H31NO6/c1-29(2,33)19-34-18-26(27(31)35-16-20-10-4-3-5-11-20)30-28(32)36-17-25-23-14-8-6-12-21(23)22-13-7-9-15-24(22)25/h3-15,25-26,33H,16-19H2,1-2H3,(H,30,32)/t26-/m0/s1. The van der Waals surface area contributed by atoms with Crippen molar-refractivity contribution in [2.24, 2.45) is 0 Å². The van der Waals surface area contributed by atoms with E-state index in [-0.39, 0.29) is 32.3 Å². The lowest BCUT2D eigenvalue weighted by atomic mass is 9.98. The van der Waals surface area contributed by atoms with Crippen molar-refractivity contribution in [3.63, 3.8) is 0 Å². The Morgan fingerprint density at radius 3 is 2.08 bits per heavy atom. The smallest absolute Gasteiger partial charge is 0.407 e. The maximum Gasteiger partial charge on any atom is 0.407 e. The van der Waals surface area contributed by atoms with Crippen molar-refractivity contribution in [2.45, 2.75) is 38.0 Å². The molecule has 1 atom stereocenters. The second kappa shape index (κ2) is 11.4. The third-order valence-electron chi connectivity index (χ3n) is 5.88. The van der Waals surface area contributed by atoms with Gasteiger partial charge < -0.3 is 24.6 Å². The minimum atomic E-state index is -1.09. The summed E-state index contributed by atoms with van der Waals surface area (Å²) < 4.78 is 16.4. The normalized spacial score (nSPS) is 13.4. The van der Waals surface area contributed by atoms with Crippen LogP contribution in [0, 0.1) is 0 Å². The number of esters is 1. The second-order valence-corrected chi connectivity index (χ2v) is 9.44. The van der Waals surface area contributed by atoms with Gasteiger partial charge in [0.15, 0.2) is 6.04 Å². The molecule has 0 saturated heterocycles. The van der Waals surface area contributed by atoms with Crippen molar-refractivity contribution in [2.75, 3.05) is 19.8 Å². The van der Waals surface area contributed by atoms with E-state index in [0.717, 1.165) is 27.8 Å². The van der Waals surface area contributed by atoms with E-state index in [2.05, 4.69) is 17.4 Å². The predicted molar refractivity (Wildman–Crippen MR) is 135 cm³/mol. The van der Waals surface area contributed by atoms with Crippen molar-refractivity contribution in [1.29, 1.82) is 0 Å². The summed E-state index contributed by atoms with van der Waals surface area (Å²) in [5.74, 6) is -0.749. The van der Waals surface area contributed by atoms with Crippen LogP contribution in [0.1, 0.15) is 36.5 Å². The lowest BCUT2D eigenvalue weighted by Gasteiger charge is -2.22. The monoisotopic (exact) mass is 489 g/mol. The number of nitrogens with one attached hydrogen (secondary N) is 1. The van der Waals surface area contributed by atoms with Gasteiger partial charge in [-0.3, -0.25) is 0 Å². The lowest BCUT2D eigenvalue weighted by Crippen LogP contribution is -2.46. The van der Waals surface area contributed by atoms with Gasteiger partial charge in [0.25, 0.3) is 0 Å². The molecule has 1 aliphatic rings. The summed E-state index contributed by atoms with van der Waals surface area (Å²) in [6.45, 7) is 3.19. The number of hydrogen-bond acceptors (Lipinski definition) is 6. The number of aliphatic hydroxyl groups is 1. The average Bonchev–Trinajstić information content (AvgIpc) is 3.19. The minimum absolute atomic E-state index is 0.0121. The molecule has 7 nitrogen and oxygen atoms in total. The number of alkyl carbamates (subject to hydrolysis) is 1. The van der Waals surface area contributed by atoms with E-state index >= 15 is 0 Å². The van der Waals surface area contributed by atoms with Crippen LogP contribution < -0.4 is 5.32 Å². The van der Waals surface area contributed by atoms with Crippen molar-refractivity contribution < 1.29 is 28.9 Å². The molecule has 36 heavy (non-hydrogen) atoms. The fourth-order valence-corrected chi connectivity index (χ4v) is 4.21. The fourth-order valence-electron chi connectivity index (χ4n) is 4.21. The summed E-state index contributed by atoms with van der Waals surface area (Å²) >= 11 is 0. The van der Waals surface area contributed by atoms with Crippen LogP contribution in [-0.4, -0.2) is 48.6 Å². The quantitative estimate of drug-likeness (QED) is 0.410. The van der Waals surface area contributed by atoms with Gasteiger partial charge in [0.2, 0.25) is 0 Å². The van der Waals surface area contributed by atoms with Crippen LogP contribution in [0.15, 0.2) is 78.9 Å². The average molecular weight is 490 g/mol. The van der Waals surface area contributed by atoms with Crippen molar-refractivity contribution in [3.05, 3.63) is 95.6 Å². The zero-order chi connectivity index (χ0) is 25.5. The molecular weight excluding hydrogens is 458 g/mol. The number of carbonyl (C=O) groups is 2. The molecule has 0 aliphatic heterocycles. The largest absolute Gasteiger partial charge is 0.459 e. The molecule has 1 aliphatic carbocycles. The molecule has 0 radical (unpaired) electrons. The topological polar surface area (TPSA) is 94.1 Å². The van der Waals surface area contributed by atoms with Gasteiger partial charge in [0.1, 0.15) is 13.2 Å². The van der Waals surface area contributed by atoms with Crippen LogP contribution >= 0.6 is 0 Å². The van der Waals surface area contributed by atoms with E-state index in [1.165, 1.54) is 0 Å². The molecule has 0 saturated carbocycles. The van der Waals surface area contributed by atoms with Crippen LogP contribution in [0.5, 0.6) is 0 Å². The molecular formula is C29H31NO6. The number of amides is 1. The first-order valence-corrected chi connectivity index (χ1v) is 11.9. The third kappa shape index (κ3) is 6.50. The van der Waals surface area contributed by atoms with Crippen molar-refractivity contribution >= 4 is 12.1 Å². The van der Waals surface area contributed by atoms with Crippen LogP contribution in [0.3, 0.4) is 0 Å². The highest BCUT2D eigenvalue weighted by atomic mass is 16.6. The summed E-state index contributed by atoms with van der Waals surface area (Å²) in [7, 11) is 0. The summed E-state index contributed by atoms with van der Waals surface area (Å²) in [5.41, 5.74) is 4.19. The molecule has 0 bridgehead atoms. The molecule has 0 aromatic heterocycles. The van der Waals surface area contributed by atoms with E-state index in [1.807, 2.05) is 66.7 Å².